The van der Waals surface area contributed by atoms with E-state index in [4.69, 9.17) is 11.6 Å². The highest BCUT2D eigenvalue weighted by Crippen LogP contribution is 2.36. The summed E-state index contributed by atoms with van der Waals surface area (Å²) >= 11 is 10.7. The third-order valence-electron chi connectivity index (χ3n) is 3.14. The molecule has 2 aromatic rings. The summed E-state index contributed by atoms with van der Waals surface area (Å²) in [7, 11) is 0. The molecule has 92 valence electrons. The van der Waals surface area contributed by atoms with Crippen molar-refractivity contribution in [1.82, 2.24) is 4.98 Å². The molecule has 1 aliphatic carbocycles. The first-order valence-electron chi connectivity index (χ1n) is 5.57. The topological polar surface area (TPSA) is 30.0 Å². The normalized spacial score (nSPS) is 18.8. The summed E-state index contributed by atoms with van der Waals surface area (Å²) in [5, 5.41) is 0.720. The Morgan fingerprint density at radius 1 is 1.28 bits per heavy atom. The zero-order chi connectivity index (χ0) is 12.7. The van der Waals surface area contributed by atoms with Crippen LogP contribution in [0.25, 0.3) is 0 Å². The van der Waals surface area contributed by atoms with Crippen LogP contribution in [0.1, 0.15) is 33.3 Å². The summed E-state index contributed by atoms with van der Waals surface area (Å²) in [6.45, 7) is 0. The van der Waals surface area contributed by atoms with Crippen LogP contribution < -0.4 is 0 Å². The monoisotopic (exact) mass is 341 g/mol. The molecule has 0 amide bonds. The Labute approximate surface area is 122 Å². The summed E-state index contributed by atoms with van der Waals surface area (Å²) in [5.74, 6) is 0.413. The maximum atomic E-state index is 12.1. The van der Waals surface area contributed by atoms with Crippen molar-refractivity contribution in [3.8, 4) is 0 Å². The van der Waals surface area contributed by atoms with Crippen molar-refractivity contribution < 1.29 is 4.79 Å². The Hall–Kier alpha value is -0.710. The van der Waals surface area contributed by atoms with Gasteiger partial charge >= 0.3 is 0 Å². The summed E-state index contributed by atoms with van der Waals surface area (Å²) in [4.78, 5) is 17.3. The Morgan fingerprint density at radius 2 is 2.00 bits per heavy atom. The van der Waals surface area contributed by atoms with Crippen LogP contribution in [-0.2, 0) is 6.42 Å². The molecule has 0 radical (unpaired) electrons. The van der Waals surface area contributed by atoms with E-state index in [1.54, 1.807) is 0 Å². The lowest BCUT2D eigenvalue weighted by Gasteiger charge is -2.20. The molecule has 5 heteroatoms. The zero-order valence-corrected chi connectivity index (χ0v) is 12.5. The predicted octanol–water partition coefficient (Wildman–Crippen LogP) is 4.47. The standard InChI is InChI=1S/C13H9BrClNOS/c14-13-16-10-5-8(6-11(17)12(10)18-13)7-1-3-9(15)4-2-7/h1-4,8H,5-6H2. The van der Waals surface area contributed by atoms with Gasteiger partial charge in [0.2, 0.25) is 0 Å². The quantitative estimate of drug-likeness (QED) is 0.765. The molecule has 1 atom stereocenters. The smallest absolute Gasteiger partial charge is 0.175 e. The number of hydrogen-bond donors (Lipinski definition) is 0. The molecular weight excluding hydrogens is 334 g/mol. The van der Waals surface area contributed by atoms with E-state index in [0.717, 1.165) is 31.5 Å². The number of halogens is 2. The van der Waals surface area contributed by atoms with Crippen LogP contribution in [0.5, 0.6) is 0 Å². The maximum absolute atomic E-state index is 12.1. The fourth-order valence-corrected chi connectivity index (χ4v) is 3.87. The summed E-state index contributed by atoms with van der Waals surface area (Å²) in [5.41, 5.74) is 2.07. The van der Waals surface area contributed by atoms with Crippen molar-refractivity contribution in [2.45, 2.75) is 18.8 Å². The van der Waals surface area contributed by atoms with Gasteiger partial charge in [-0.3, -0.25) is 4.79 Å². The Balaban J connectivity index is 1.94. The van der Waals surface area contributed by atoms with Crippen molar-refractivity contribution in [2.75, 3.05) is 0 Å². The number of benzene rings is 1. The average Bonchev–Trinajstić information content (AvgIpc) is 2.71. The molecule has 0 fully saturated rings. The van der Waals surface area contributed by atoms with Crippen LogP contribution in [0.4, 0.5) is 0 Å². The molecule has 1 heterocycles. The first-order valence-corrected chi connectivity index (χ1v) is 7.56. The number of fused-ring (bicyclic) bond motifs is 1. The van der Waals surface area contributed by atoms with Crippen molar-refractivity contribution >= 4 is 44.7 Å². The van der Waals surface area contributed by atoms with Gasteiger partial charge in [0.25, 0.3) is 0 Å². The minimum atomic E-state index is 0.194. The molecule has 2 nitrogen and oxygen atoms in total. The number of nitrogens with zero attached hydrogens (tertiary/aromatic N) is 1. The predicted molar refractivity (Wildman–Crippen MR) is 76.7 cm³/mol. The highest BCUT2D eigenvalue weighted by Gasteiger charge is 2.29. The van der Waals surface area contributed by atoms with E-state index >= 15 is 0 Å². The molecule has 0 saturated carbocycles. The molecule has 0 bridgehead atoms. The fraction of sp³-hybridized carbons (Fsp3) is 0.231. The first kappa shape index (κ1) is 12.3. The Morgan fingerprint density at radius 3 is 2.72 bits per heavy atom. The molecule has 0 spiro atoms. The number of carbonyl (C=O) groups is 1. The first-order chi connectivity index (χ1) is 8.63. The number of hydrogen-bond acceptors (Lipinski definition) is 3. The van der Waals surface area contributed by atoms with E-state index in [0.29, 0.717) is 6.42 Å². The number of ketones is 1. The van der Waals surface area contributed by atoms with E-state index in [2.05, 4.69) is 20.9 Å². The van der Waals surface area contributed by atoms with Crippen LogP contribution in [0, 0.1) is 0 Å². The molecule has 0 N–H and O–H groups in total. The summed E-state index contributed by atoms with van der Waals surface area (Å²) in [6.07, 6.45) is 1.38. The van der Waals surface area contributed by atoms with E-state index in [9.17, 15) is 4.79 Å². The largest absolute Gasteiger partial charge is 0.293 e. The molecule has 1 aliphatic rings. The van der Waals surface area contributed by atoms with E-state index in [1.807, 2.05) is 24.3 Å². The van der Waals surface area contributed by atoms with Gasteiger partial charge in [-0.05, 0) is 46.0 Å². The number of carbonyl (C=O) groups excluding carboxylic acids is 1. The summed E-state index contributed by atoms with van der Waals surface area (Å²) in [6, 6.07) is 7.72. The lowest BCUT2D eigenvalue weighted by Crippen LogP contribution is -2.17. The SMILES string of the molecule is O=C1CC(c2ccc(Cl)cc2)Cc2nc(Br)sc21. The lowest BCUT2D eigenvalue weighted by atomic mass is 9.85. The van der Waals surface area contributed by atoms with Crippen molar-refractivity contribution in [1.29, 1.82) is 0 Å². The molecule has 1 aromatic carbocycles. The number of Topliss-reactive ketones (excluding diaryl/α,β-unsaturated/α-hetero) is 1. The molecule has 1 unspecified atom stereocenters. The molecule has 0 saturated heterocycles. The van der Waals surface area contributed by atoms with E-state index in [-0.39, 0.29) is 11.7 Å². The van der Waals surface area contributed by atoms with Gasteiger partial charge in [0.05, 0.1) is 10.6 Å². The number of rotatable bonds is 1. The third kappa shape index (κ3) is 2.25. The van der Waals surface area contributed by atoms with Crippen LogP contribution >= 0.6 is 38.9 Å². The second kappa shape index (κ2) is 4.76. The maximum Gasteiger partial charge on any atom is 0.175 e. The van der Waals surface area contributed by atoms with Crippen molar-refractivity contribution in [2.24, 2.45) is 0 Å². The molecule has 3 rings (SSSR count). The number of aromatic nitrogens is 1. The van der Waals surface area contributed by atoms with Gasteiger partial charge in [-0.2, -0.15) is 0 Å². The van der Waals surface area contributed by atoms with E-state index < -0.39 is 0 Å². The fourth-order valence-electron chi connectivity index (χ4n) is 2.27. The minimum absolute atomic E-state index is 0.194. The Bertz CT molecular complexity index is 608. The molecule has 1 aromatic heterocycles. The van der Waals surface area contributed by atoms with Crippen LogP contribution in [0.15, 0.2) is 28.2 Å². The van der Waals surface area contributed by atoms with E-state index in [1.165, 1.54) is 11.3 Å². The third-order valence-corrected chi connectivity index (χ3v) is 4.98. The minimum Gasteiger partial charge on any atom is -0.293 e. The Kier molecular flexibility index (Phi) is 3.26. The van der Waals surface area contributed by atoms with Gasteiger partial charge in [0.1, 0.15) is 0 Å². The van der Waals surface area contributed by atoms with Gasteiger partial charge in [-0.15, -0.1) is 11.3 Å². The molecule has 0 aliphatic heterocycles. The number of thiazole rings is 1. The van der Waals surface area contributed by atoms with Crippen molar-refractivity contribution in [3.63, 3.8) is 0 Å². The average molecular weight is 343 g/mol. The van der Waals surface area contributed by atoms with Gasteiger partial charge in [-0.25, -0.2) is 4.98 Å². The lowest BCUT2D eigenvalue weighted by molar-refractivity contribution is 0.0968. The summed E-state index contributed by atoms with van der Waals surface area (Å²) < 4.78 is 0.789. The second-order valence-corrected chi connectivity index (χ2v) is 7.03. The van der Waals surface area contributed by atoms with Crippen LogP contribution in [-0.4, -0.2) is 10.8 Å². The van der Waals surface area contributed by atoms with Crippen molar-refractivity contribution in [3.05, 3.63) is 49.3 Å². The highest BCUT2D eigenvalue weighted by atomic mass is 79.9. The van der Waals surface area contributed by atoms with Crippen LogP contribution in [0.3, 0.4) is 0 Å². The molecule has 18 heavy (non-hydrogen) atoms. The highest BCUT2D eigenvalue weighted by molar-refractivity contribution is 9.11. The van der Waals surface area contributed by atoms with Gasteiger partial charge in [0.15, 0.2) is 9.70 Å². The molecular formula is C13H9BrClNOS. The zero-order valence-electron chi connectivity index (χ0n) is 9.32. The van der Waals surface area contributed by atoms with Gasteiger partial charge in [0, 0.05) is 11.4 Å². The van der Waals surface area contributed by atoms with Crippen LogP contribution in [0.2, 0.25) is 5.02 Å². The van der Waals surface area contributed by atoms with Gasteiger partial charge in [-0.1, -0.05) is 23.7 Å². The van der Waals surface area contributed by atoms with Gasteiger partial charge < -0.3 is 0 Å². The second-order valence-electron chi connectivity index (χ2n) is 4.32.